The highest BCUT2D eigenvalue weighted by Crippen LogP contribution is 2.38. The minimum absolute atomic E-state index is 0.0743. The molecule has 2 rings (SSSR count). The second-order valence-corrected chi connectivity index (χ2v) is 3.47. The van der Waals surface area contributed by atoms with E-state index in [-0.39, 0.29) is 11.1 Å². The average Bonchev–Trinajstić information content (AvgIpc) is 2.83. The van der Waals surface area contributed by atoms with Gasteiger partial charge in [0.25, 0.3) is 0 Å². The third kappa shape index (κ3) is 1.86. The Kier molecular flexibility index (Phi) is 2.20. The smallest absolute Gasteiger partial charge is 0.368 e. The summed E-state index contributed by atoms with van der Waals surface area (Å²) in [7, 11) is 0. The third-order valence-corrected chi connectivity index (χ3v) is 2.32. The van der Waals surface area contributed by atoms with Crippen molar-refractivity contribution in [2.45, 2.75) is 12.3 Å². The first kappa shape index (κ1) is 9.80. The number of alkyl halides is 3. The summed E-state index contributed by atoms with van der Waals surface area (Å²) in [6.45, 7) is 0.557. The molecule has 0 amide bonds. The van der Waals surface area contributed by atoms with Crippen molar-refractivity contribution in [2.24, 2.45) is 0 Å². The molecule has 0 radical (unpaired) electrons. The maximum absolute atomic E-state index is 12.3. The molecule has 14 heavy (non-hydrogen) atoms. The van der Waals surface area contributed by atoms with Gasteiger partial charge in [-0.25, -0.2) is 0 Å². The van der Waals surface area contributed by atoms with E-state index in [1.54, 1.807) is 0 Å². The molecule has 0 aromatic heterocycles. The molecule has 1 aromatic rings. The van der Waals surface area contributed by atoms with Crippen molar-refractivity contribution < 1.29 is 17.9 Å². The van der Waals surface area contributed by atoms with E-state index in [0.29, 0.717) is 12.2 Å². The molecule has 1 aliphatic heterocycles. The largest absolute Gasteiger partial charge is 0.417 e. The van der Waals surface area contributed by atoms with Crippen LogP contribution in [0.4, 0.5) is 13.2 Å². The van der Waals surface area contributed by atoms with Crippen LogP contribution in [0.25, 0.3) is 0 Å². The number of rotatable bonds is 1. The Morgan fingerprint density at radius 1 is 1.36 bits per heavy atom. The Hall–Kier alpha value is -0.740. The molecule has 76 valence electrons. The SMILES string of the molecule is FC(F)(F)c1ccc([C@@H]2CO2)cc1Cl. The van der Waals surface area contributed by atoms with Crippen LogP contribution in [0.1, 0.15) is 17.2 Å². The van der Waals surface area contributed by atoms with Crippen molar-refractivity contribution in [1.29, 1.82) is 0 Å². The van der Waals surface area contributed by atoms with Gasteiger partial charge in [0.2, 0.25) is 0 Å². The van der Waals surface area contributed by atoms with Gasteiger partial charge in [0.05, 0.1) is 17.2 Å². The average molecular weight is 223 g/mol. The van der Waals surface area contributed by atoms with Gasteiger partial charge in [-0.15, -0.1) is 0 Å². The maximum atomic E-state index is 12.3. The summed E-state index contributed by atoms with van der Waals surface area (Å²) in [4.78, 5) is 0. The number of hydrogen-bond acceptors (Lipinski definition) is 1. The first-order valence-corrected chi connectivity index (χ1v) is 4.34. The van der Waals surface area contributed by atoms with Gasteiger partial charge in [-0.05, 0) is 17.7 Å². The van der Waals surface area contributed by atoms with Gasteiger partial charge >= 0.3 is 6.18 Å². The number of halogens is 4. The van der Waals surface area contributed by atoms with Crippen LogP contribution in [-0.2, 0) is 10.9 Å². The molecule has 1 nitrogen and oxygen atoms in total. The Morgan fingerprint density at radius 2 is 2.00 bits per heavy atom. The second kappa shape index (κ2) is 3.14. The normalized spacial score (nSPS) is 21.0. The van der Waals surface area contributed by atoms with Crippen LogP contribution in [-0.4, -0.2) is 6.61 Å². The molecule has 0 saturated carbocycles. The van der Waals surface area contributed by atoms with Crippen molar-refractivity contribution in [3.8, 4) is 0 Å². The van der Waals surface area contributed by atoms with E-state index in [0.717, 1.165) is 6.07 Å². The summed E-state index contributed by atoms with van der Waals surface area (Å²) >= 11 is 5.51. The number of epoxide rings is 1. The Labute approximate surface area is 83.4 Å². The molecule has 1 heterocycles. The topological polar surface area (TPSA) is 12.5 Å². The second-order valence-electron chi connectivity index (χ2n) is 3.06. The fraction of sp³-hybridized carbons (Fsp3) is 0.333. The molecule has 1 fully saturated rings. The quantitative estimate of drug-likeness (QED) is 0.664. The highest BCUT2D eigenvalue weighted by molar-refractivity contribution is 6.31. The summed E-state index contributed by atoms with van der Waals surface area (Å²) in [5.41, 5.74) is -0.105. The van der Waals surface area contributed by atoms with Gasteiger partial charge in [-0.2, -0.15) is 13.2 Å². The molecular weight excluding hydrogens is 217 g/mol. The van der Waals surface area contributed by atoms with Crippen LogP contribution in [0.15, 0.2) is 18.2 Å². The van der Waals surface area contributed by atoms with Gasteiger partial charge in [0, 0.05) is 0 Å². The zero-order valence-electron chi connectivity index (χ0n) is 6.94. The van der Waals surface area contributed by atoms with Gasteiger partial charge in [0.1, 0.15) is 6.10 Å². The van der Waals surface area contributed by atoms with E-state index in [1.807, 2.05) is 0 Å². The number of hydrogen-bond donors (Lipinski definition) is 0. The lowest BCUT2D eigenvalue weighted by Crippen LogP contribution is -2.05. The van der Waals surface area contributed by atoms with Crippen LogP contribution in [0.5, 0.6) is 0 Å². The lowest BCUT2D eigenvalue weighted by atomic mass is 10.1. The molecule has 0 unspecified atom stereocenters. The third-order valence-electron chi connectivity index (χ3n) is 2.00. The summed E-state index contributed by atoms with van der Waals surface area (Å²) < 4.78 is 41.8. The number of benzene rings is 1. The first-order valence-electron chi connectivity index (χ1n) is 3.97. The van der Waals surface area contributed by atoms with E-state index in [1.165, 1.54) is 12.1 Å². The van der Waals surface area contributed by atoms with E-state index in [2.05, 4.69) is 0 Å². The van der Waals surface area contributed by atoms with Crippen LogP contribution in [0.2, 0.25) is 5.02 Å². The standard InChI is InChI=1S/C9H6ClF3O/c10-7-3-5(8-4-14-8)1-2-6(7)9(11,12)13/h1-3,8H,4H2/t8-/m0/s1. The molecular formula is C9H6ClF3O. The Morgan fingerprint density at radius 3 is 2.43 bits per heavy atom. The molecule has 1 saturated heterocycles. The highest BCUT2D eigenvalue weighted by atomic mass is 35.5. The van der Waals surface area contributed by atoms with Crippen LogP contribution < -0.4 is 0 Å². The van der Waals surface area contributed by atoms with Crippen molar-refractivity contribution in [3.63, 3.8) is 0 Å². The van der Waals surface area contributed by atoms with Crippen molar-refractivity contribution in [2.75, 3.05) is 6.61 Å². The predicted molar refractivity (Wildman–Crippen MR) is 45.1 cm³/mol. The predicted octanol–water partition coefficient (Wildman–Crippen LogP) is 3.43. The van der Waals surface area contributed by atoms with Gasteiger partial charge in [-0.3, -0.25) is 0 Å². The minimum Gasteiger partial charge on any atom is -0.368 e. The molecule has 0 spiro atoms. The first-order chi connectivity index (χ1) is 6.48. The minimum atomic E-state index is -4.39. The van der Waals surface area contributed by atoms with Gasteiger partial charge < -0.3 is 4.74 Å². The van der Waals surface area contributed by atoms with Crippen LogP contribution >= 0.6 is 11.6 Å². The summed E-state index contributed by atoms with van der Waals surface area (Å²) in [5, 5.41) is -0.273. The van der Waals surface area contributed by atoms with E-state index in [9.17, 15) is 13.2 Å². The lowest BCUT2D eigenvalue weighted by molar-refractivity contribution is -0.137. The van der Waals surface area contributed by atoms with E-state index < -0.39 is 11.7 Å². The van der Waals surface area contributed by atoms with E-state index in [4.69, 9.17) is 16.3 Å². The Bertz CT molecular complexity index is 358. The zero-order chi connectivity index (χ0) is 10.3. The van der Waals surface area contributed by atoms with Crippen molar-refractivity contribution >= 4 is 11.6 Å². The monoisotopic (exact) mass is 222 g/mol. The molecule has 0 N–H and O–H groups in total. The highest BCUT2D eigenvalue weighted by Gasteiger charge is 2.34. The van der Waals surface area contributed by atoms with Crippen LogP contribution in [0.3, 0.4) is 0 Å². The van der Waals surface area contributed by atoms with Crippen LogP contribution in [0, 0.1) is 0 Å². The summed E-state index contributed by atoms with van der Waals surface area (Å²) in [6.07, 6.45) is -4.46. The Balaban J connectivity index is 2.35. The summed E-state index contributed by atoms with van der Waals surface area (Å²) in [5.74, 6) is 0. The molecule has 1 atom stereocenters. The molecule has 1 aliphatic rings. The number of ether oxygens (including phenoxy) is 1. The van der Waals surface area contributed by atoms with E-state index >= 15 is 0 Å². The molecule has 0 bridgehead atoms. The van der Waals surface area contributed by atoms with Crippen molar-refractivity contribution in [1.82, 2.24) is 0 Å². The zero-order valence-corrected chi connectivity index (χ0v) is 7.69. The van der Waals surface area contributed by atoms with Gasteiger partial charge in [-0.1, -0.05) is 17.7 Å². The van der Waals surface area contributed by atoms with Gasteiger partial charge in [0.15, 0.2) is 0 Å². The molecule has 5 heteroatoms. The molecule has 0 aliphatic carbocycles. The summed E-state index contributed by atoms with van der Waals surface area (Å²) in [6, 6.07) is 3.69. The maximum Gasteiger partial charge on any atom is 0.417 e. The fourth-order valence-corrected chi connectivity index (χ4v) is 1.50. The molecule has 1 aromatic carbocycles. The lowest BCUT2D eigenvalue weighted by Gasteiger charge is -2.09. The fourth-order valence-electron chi connectivity index (χ4n) is 1.20. The van der Waals surface area contributed by atoms with Crippen molar-refractivity contribution in [3.05, 3.63) is 34.3 Å².